The number of rotatable bonds is 9. The molecule has 102 valence electrons. The SMILES string of the molecule is CCCCOCCNc1nc(NCC)ncc1Br. The van der Waals surface area contributed by atoms with Crippen LogP contribution in [0.25, 0.3) is 0 Å². The number of ether oxygens (including phenoxy) is 1. The molecule has 0 bridgehead atoms. The molecule has 0 aliphatic carbocycles. The molecule has 0 unspecified atom stereocenters. The maximum absolute atomic E-state index is 5.48. The van der Waals surface area contributed by atoms with E-state index in [4.69, 9.17) is 4.74 Å². The summed E-state index contributed by atoms with van der Waals surface area (Å²) < 4.78 is 6.34. The van der Waals surface area contributed by atoms with Gasteiger partial charge in [0.15, 0.2) is 0 Å². The Hall–Kier alpha value is -0.880. The average molecular weight is 317 g/mol. The van der Waals surface area contributed by atoms with E-state index in [1.165, 1.54) is 0 Å². The van der Waals surface area contributed by atoms with Crippen LogP contribution < -0.4 is 10.6 Å². The van der Waals surface area contributed by atoms with Crippen LogP contribution in [0.5, 0.6) is 0 Å². The second-order valence-electron chi connectivity index (χ2n) is 3.81. The molecular weight excluding hydrogens is 296 g/mol. The lowest BCUT2D eigenvalue weighted by atomic mass is 10.4. The van der Waals surface area contributed by atoms with Crippen molar-refractivity contribution in [3.05, 3.63) is 10.7 Å². The molecule has 6 heteroatoms. The van der Waals surface area contributed by atoms with Crippen LogP contribution in [0, 0.1) is 0 Å². The minimum atomic E-state index is 0.634. The van der Waals surface area contributed by atoms with Crippen molar-refractivity contribution < 1.29 is 4.74 Å². The van der Waals surface area contributed by atoms with E-state index in [0.717, 1.165) is 42.8 Å². The number of aromatic nitrogens is 2. The third-order valence-electron chi connectivity index (χ3n) is 2.26. The summed E-state index contributed by atoms with van der Waals surface area (Å²) in [7, 11) is 0. The van der Waals surface area contributed by atoms with Crippen molar-refractivity contribution in [3.63, 3.8) is 0 Å². The third kappa shape index (κ3) is 5.64. The number of unbranched alkanes of at least 4 members (excludes halogenated alkanes) is 1. The van der Waals surface area contributed by atoms with Crippen molar-refractivity contribution in [2.45, 2.75) is 26.7 Å². The predicted octanol–water partition coefficient (Wildman–Crippen LogP) is 2.90. The summed E-state index contributed by atoms with van der Waals surface area (Å²) in [5.41, 5.74) is 0. The number of halogens is 1. The number of hydrogen-bond donors (Lipinski definition) is 2. The molecular formula is C12H21BrN4O. The molecule has 2 N–H and O–H groups in total. The van der Waals surface area contributed by atoms with Crippen LogP contribution in [-0.4, -0.2) is 36.3 Å². The maximum atomic E-state index is 5.48. The van der Waals surface area contributed by atoms with Gasteiger partial charge >= 0.3 is 0 Å². The van der Waals surface area contributed by atoms with Crippen molar-refractivity contribution in [1.82, 2.24) is 9.97 Å². The van der Waals surface area contributed by atoms with E-state index in [9.17, 15) is 0 Å². The van der Waals surface area contributed by atoms with Gasteiger partial charge in [-0.25, -0.2) is 4.98 Å². The Morgan fingerprint density at radius 1 is 1.28 bits per heavy atom. The van der Waals surface area contributed by atoms with Gasteiger partial charge in [0.05, 0.1) is 11.1 Å². The van der Waals surface area contributed by atoms with Crippen LogP contribution in [-0.2, 0) is 4.74 Å². The molecule has 1 aromatic heterocycles. The lowest BCUT2D eigenvalue weighted by Crippen LogP contribution is -2.12. The molecule has 0 aromatic carbocycles. The zero-order valence-corrected chi connectivity index (χ0v) is 12.6. The molecule has 1 aromatic rings. The zero-order valence-electron chi connectivity index (χ0n) is 11.0. The fourth-order valence-electron chi connectivity index (χ4n) is 1.32. The Kier molecular flexibility index (Phi) is 7.68. The monoisotopic (exact) mass is 316 g/mol. The normalized spacial score (nSPS) is 10.4. The van der Waals surface area contributed by atoms with E-state index in [1.807, 2.05) is 6.92 Å². The largest absolute Gasteiger partial charge is 0.380 e. The van der Waals surface area contributed by atoms with Crippen LogP contribution in [0.1, 0.15) is 26.7 Å². The van der Waals surface area contributed by atoms with Crippen LogP contribution in [0.15, 0.2) is 10.7 Å². The second-order valence-corrected chi connectivity index (χ2v) is 4.67. The van der Waals surface area contributed by atoms with Gasteiger partial charge in [0, 0.05) is 25.9 Å². The quantitative estimate of drug-likeness (QED) is 0.686. The third-order valence-corrected chi connectivity index (χ3v) is 2.84. The summed E-state index contributed by atoms with van der Waals surface area (Å²) in [4.78, 5) is 8.52. The van der Waals surface area contributed by atoms with Crippen molar-refractivity contribution >= 4 is 27.7 Å². The second kappa shape index (κ2) is 9.10. The molecule has 0 atom stereocenters. The predicted molar refractivity (Wildman–Crippen MR) is 78.1 cm³/mol. The topological polar surface area (TPSA) is 59.1 Å². The summed E-state index contributed by atoms with van der Waals surface area (Å²) >= 11 is 3.42. The van der Waals surface area contributed by atoms with E-state index < -0.39 is 0 Å². The summed E-state index contributed by atoms with van der Waals surface area (Å²) in [6.07, 6.45) is 4.02. The van der Waals surface area contributed by atoms with Crippen molar-refractivity contribution in [2.24, 2.45) is 0 Å². The summed E-state index contributed by atoms with van der Waals surface area (Å²) in [6.45, 7) is 7.23. The van der Waals surface area contributed by atoms with Crippen LogP contribution in [0.3, 0.4) is 0 Å². The minimum Gasteiger partial charge on any atom is -0.380 e. The van der Waals surface area contributed by atoms with Crippen molar-refractivity contribution in [1.29, 1.82) is 0 Å². The fraction of sp³-hybridized carbons (Fsp3) is 0.667. The standard InChI is InChI=1S/C12H21BrN4O/c1-3-5-7-18-8-6-15-11-10(13)9-16-12(17-11)14-4-2/h9H,3-8H2,1-2H3,(H2,14,15,16,17). The van der Waals surface area contributed by atoms with Gasteiger partial charge in [-0.15, -0.1) is 0 Å². The molecule has 5 nitrogen and oxygen atoms in total. The molecule has 18 heavy (non-hydrogen) atoms. The fourth-order valence-corrected chi connectivity index (χ4v) is 1.66. The molecule has 0 fully saturated rings. The van der Waals surface area contributed by atoms with Crippen LogP contribution in [0.2, 0.25) is 0 Å². The highest BCUT2D eigenvalue weighted by atomic mass is 79.9. The Balaban J connectivity index is 2.34. The zero-order chi connectivity index (χ0) is 13.2. The first-order chi connectivity index (χ1) is 8.77. The highest BCUT2D eigenvalue weighted by Crippen LogP contribution is 2.19. The van der Waals surface area contributed by atoms with Gasteiger partial charge in [-0.2, -0.15) is 4.98 Å². The van der Waals surface area contributed by atoms with E-state index in [-0.39, 0.29) is 0 Å². The van der Waals surface area contributed by atoms with E-state index >= 15 is 0 Å². The molecule has 0 aliphatic rings. The van der Waals surface area contributed by atoms with E-state index in [0.29, 0.717) is 12.6 Å². The van der Waals surface area contributed by atoms with Gasteiger partial charge in [-0.05, 0) is 29.3 Å². The first-order valence-corrected chi connectivity index (χ1v) is 7.15. The molecule has 1 heterocycles. The van der Waals surface area contributed by atoms with Crippen LogP contribution in [0.4, 0.5) is 11.8 Å². The Morgan fingerprint density at radius 3 is 2.83 bits per heavy atom. The van der Waals surface area contributed by atoms with Crippen molar-refractivity contribution in [2.75, 3.05) is 36.9 Å². The molecule has 0 amide bonds. The van der Waals surface area contributed by atoms with Crippen LogP contribution >= 0.6 is 15.9 Å². The number of hydrogen-bond acceptors (Lipinski definition) is 5. The van der Waals surface area contributed by atoms with Gasteiger partial charge in [0.2, 0.25) is 5.95 Å². The molecule has 0 saturated carbocycles. The summed E-state index contributed by atoms with van der Waals surface area (Å²) in [5, 5.41) is 6.30. The highest BCUT2D eigenvalue weighted by molar-refractivity contribution is 9.10. The van der Waals surface area contributed by atoms with Gasteiger partial charge in [-0.1, -0.05) is 13.3 Å². The molecule has 1 rings (SSSR count). The molecule has 0 spiro atoms. The van der Waals surface area contributed by atoms with Gasteiger partial charge in [0.1, 0.15) is 5.82 Å². The Bertz CT molecular complexity index is 349. The first kappa shape index (κ1) is 15.2. The Morgan fingerprint density at radius 2 is 2.11 bits per heavy atom. The summed E-state index contributed by atoms with van der Waals surface area (Å²) in [6, 6.07) is 0. The molecule has 0 radical (unpaired) electrons. The maximum Gasteiger partial charge on any atom is 0.224 e. The van der Waals surface area contributed by atoms with E-state index in [1.54, 1.807) is 6.20 Å². The van der Waals surface area contributed by atoms with Crippen molar-refractivity contribution in [3.8, 4) is 0 Å². The minimum absolute atomic E-state index is 0.634. The average Bonchev–Trinajstić information content (AvgIpc) is 2.37. The highest BCUT2D eigenvalue weighted by Gasteiger charge is 2.03. The van der Waals surface area contributed by atoms with Gasteiger partial charge in [0.25, 0.3) is 0 Å². The number of nitrogens with one attached hydrogen (secondary N) is 2. The number of anilines is 2. The Labute approximate surface area is 117 Å². The number of nitrogens with zero attached hydrogens (tertiary/aromatic N) is 2. The molecule has 0 aliphatic heterocycles. The molecule has 0 saturated heterocycles. The lowest BCUT2D eigenvalue weighted by Gasteiger charge is -2.09. The summed E-state index contributed by atoms with van der Waals surface area (Å²) in [5.74, 6) is 1.43. The van der Waals surface area contributed by atoms with Gasteiger partial charge < -0.3 is 15.4 Å². The van der Waals surface area contributed by atoms with Gasteiger partial charge in [-0.3, -0.25) is 0 Å². The smallest absolute Gasteiger partial charge is 0.224 e. The lowest BCUT2D eigenvalue weighted by molar-refractivity contribution is 0.141. The van der Waals surface area contributed by atoms with E-state index in [2.05, 4.69) is 43.5 Å². The first-order valence-electron chi connectivity index (χ1n) is 6.36.